The Morgan fingerprint density at radius 3 is 2.43 bits per heavy atom. The molecule has 0 unspecified atom stereocenters. The van der Waals surface area contributed by atoms with Crippen LogP contribution in [0.2, 0.25) is 0 Å². The van der Waals surface area contributed by atoms with Crippen molar-refractivity contribution in [1.29, 1.82) is 0 Å². The summed E-state index contributed by atoms with van der Waals surface area (Å²) < 4.78 is 7.87. The Morgan fingerprint density at radius 2 is 1.75 bits per heavy atom. The van der Waals surface area contributed by atoms with Crippen molar-refractivity contribution in [1.82, 2.24) is 4.57 Å². The van der Waals surface area contributed by atoms with E-state index in [4.69, 9.17) is 4.74 Å². The lowest BCUT2D eigenvalue weighted by Gasteiger charge is -2.06. The first-order valence-corrected chi connectivity index (χ1v) is 10.1. The third kappa shape index (κ3) is 4.57. The van der Waals surface area contributed by atoms with Gasteiger partial charge in [-0.2, -0.15) is 4.99 Å². The molecule has 0 atom stereocenters. The molecule has 0 saturated carbocycles. The largest absolute Gasteiger partial charge is 0.465 e. The number of hydrogen-bond acceptors (Lipinski definition) is 4. The van der Waals surface area contributed by atoms with E-state index in [2.05, 4.69) is 11.1 Å². The van der Waals surface area contributed by atoms with Gasteiger partial charge >= 0.3 is 5.97 Å². The third-order valence-corrected chi connectivity index (χ3v) is 5.63. The summed E-state index contributed by atoms with van der Waals surface area (Å²) in [5, 5.41) is 0. The summed E-state index contributed by atoms with van der Waals surface area (Å²) in [7, 11) is 0. The average Bonchev–Trinajstić information content (AvgIpc) is 2.94. The Morgan fingerprint density at radius 1 is 1.07 bits per heavy atom. The van der Waals surface area contributed by atoms with Crippen LogP contribution in [0.4, 0.5) is 0 Å². The molecule has 0 saturated heterocycles. The SMILES string of the molecule is CCOC(=O)Cn1c(=NC(=O)Cc2ccc(C)cc2)sc2cc(C)c(C)cc21. The van der Waals surface area contributed by atoms with E-state index >= 15 is 0 Å². The normalized spacial score (nSPS) is 11.8. The van der Waals surface area contributed by atoms with Crippen LogP contribution in [0.25, 0.3) is 10.2 Å². The Balaban J connectivity index is 2.02. The van der Waals surface area contributed by atoms with Crippen LogP contribution in [0.1, 0.15) is 29.2 Å². The molecule has 0 aliphatic heterocycles. The maximum Gasteiger partial charge on any atom is 0.326 e. The zero-order valence-corrected chi connectivity index (χ0v) is 17.4. The van der Waals surface area contributed by atoms with Gasteiger partial charge in [0.05, 0.1) is 23.2 Å². The number of hydrogen-bond donors (Lipinski definition) is 0. The highest BCUT2D eigenvalue weighted by Gasteiger charge is 2.13. The predicted octanol–water partition coefficient (Wildman–Crippen LogP) is 3.86. The topological polar surface area (TPSA) is 60.7 Å². The van der Waals surface area contributed by atoms with Crippen LogP contribution < -0.4 is 4.80 Å². The Labute approximate surface area is 168 Å². The van der Waals surface area contributed by atoms with E-state index in [9.17, 15) is 9.59 Å². The summed E-state index contributed by atoms with van der Waals surface area (Å²) >= 11 is 1.42. The van der Waals surface area contributed by atoms with Gasteiger partial charge in [-0.15, -0.1) is 0 Å². The molecule has 1 amide bonds. The van der Waals surface area contributed by atoms with Crippen LogP contribution in [-0.4, -0.2) is 23.1 Å². The molecule has 3 aromatic rings. The van der Waals surface area contributed by atoms with E-state index in [0.717, 1.165) is 32.5 Å². The fourth-order valence-corrected chi connectivity index (χ4v) is 4.05. The molecular weight excluding hydrogens is 372 g/mol. The Kier molecular flexibility index (Phi) is 6.09. The van der Waals surface area contributed by atoms with E-state index in [0.29, 0.717) is 11.4 Å². The summed E-state index contributed by atoms with van der Waals surface area (Å²) in [4.78, 5) is 29.5. The molecule has 28 heavy (non-hydrogen) atoms. The van der Waals surface area contributed by atoms with Crippen molar-refractivity contribution >= 4 is 33.4 Å². The predicted molar refractivity (Wildman–Crippen MR) is 111 cm³/mol. The third-order valence-electron chi connectivity index (χ3n) is 4.59. The van der Waals surface area contributed by atoms with Crippen molar-refractivity contribution in [3.8, 4) is 0 Å². The van der Waals surface area contributed by atoms with Crippen molar-refractivity contribution < 1.29 is 14.3 Å². The first-order valence-electron chi connectivity index (χ1n) is 9.26. The first-order chi connectivity index (χ1) is 13.4. The summed E-state index contributed by atoms with van der Waals surface area (Å²) in [5.41, 5.74) is 5.25. The summed E-state index contributed by atoms with van der Waals surface area (Å²) in [6.45, 7) is 8.21. The number of fused-ring (bicyclic) bond motifs is 1. The van der Waals surface area contributed by atoms with Crippen molar-refractivity contribution in [3.05, 3.63) is 63.5 Å². The summed E-state index contributed by atoms with van der Waals surface area (Å²) in [6.07, 6.45) is 0.228. The summed E-state index contributed by atoms with van der Waals surface area (Å²) in [5.74, 6) is -0.575. The lowest BCUT2D eigenvalue weighted by Crippen LogP contribution is -2.23. The zero-order chi connectivity index (χ0) is 20.3. The van der Waals surface area contributed by atoms with Gasteiger partial charge in [0.2, 0.25) is 0 Å². The second kappa shape index (κ2) is 8.52. The van der Waals surface area contributed by atoms with Crippen LogP contribution >= 0.6 is 11.3 Å². The van der Waals surface area contributed by atoms with Gasteiger partial charge < -0.3 is 9.30 Å². The molecule has 0 fully saturated rings. The minimum Gasteiger partial charge on any atom is -0.465 e. The molecule has 5 nitrogen and oxygen atoms in total. The van der Waals surface area contributed by atoms with E-state index in [-0.39, 0.29) is 24.8 Å². The molecule has 0 aliphatic rings. The maximum absolute atomic E-state index is 12.6. The van der Waals surface area contributed by atoms with Gasteiger partial charge in [-0.25, -0.2) is 0 Å². The maximum atomic E-state index is 12.6. The van der Waals surface area contributed by atoms with Crippen molar-refractivity contribution in [3.63, 3.8) is 0 Å². The van der Waals surface area contributed by atoms with E-state index < -0.39 is 0 Å². The number of benzene rings is 2. The molecule has 146 valence electrons. The number of ether oxygens (including phenoxy) is 1. The molecular formula is C22H24N2O3S. The molecule has 1 aromatic heterocycles. The molecule has 0 spiro atoms. The van der Waals surface area contributed by atoms with Crippen LogP contribution in [0, 0.1) is 20.8 Å². The molecule has 6 heteroatoms. The van der Waals surface area contributed by atoms with Crippen LogP contribution in [0.3, 0.4) is 0 Å². The molecule has 0 bridgehead atoms. The minimum atomic E-state index is -0.340. The van der Waals surface area contributed by atoms with E-state index in [1.807, 2.05) is 51.1 Å². The average molecular weight is 397 g/mol. The number of rotatable bonds is 5. The Hall–Kier alpha value is -2.73. The number of esters is 1. The molecule has 0 N–H and O–H groups in total. The standard InChI is InChI=1S/C22H24N2O3S/c1-5-27-21(26)13-24-18-10-15(3)16(4)11-19(18)28-22(24)23-20(25)12-17-8-6-14(2)7-9-17/h6-11H,5,12-13H2,1-4H3. The number of aryl methyl sites for hydroxylation is 3. The number of aromatic nitrogens is 1. The number of thiazole rings is 1. The fourth-order valence-electron chi connectivity index (χ4n) is 2.92. The highest BCUT2D eigenvalue weighted by molar-refractivity contribution is 7.16. The van der Waals surface area contributed by atoms with Crippen molar-refractivity contribution in [2.45, 2.75) is 40.7 Å². The molecule has 0 aliphatic carbocycles. The van der Waals surface area contributed by atoms with Crippen LogP contribution in [0.15, 0.2) is 41.4 Å². The molecule has 2 aromatic carbocycles. The zero-order valence-electron chi connectivity index (χ0n) is 16.6. The number of nitrogens with zero attached hydrogens (tertiary/aromatic N) is 2. The van der Waals surface area contributed by atoms with Crippen molar-refractivity contribution in [2.24, 2.45) is 4.99 Å². The summed E-state index contributed by atoms with van der Waals surface area (Å²) in [6, 6.07) is 11.9. The second-order valence-electron chi connectivity index (χ2n) is 6.85. The smallest absolute Gasteiger partial charge is 0.326 e. The first kappa shape index (κ1) is 20.0. The van der Waals surface area contributed by atoms with Gasteiger partial charge in [0.15, 0.2) is 4.80 Å². The second-order valence-corrected chi connectivity index (χ2v) is 7.86. The fraction of sp³-hybridized carbons (Fsp3) is 0.318. The van der Waals surface area contributed by atoms with E-state index in [1.54, 1.807) is 11.5 Å². The van der Waals surface area contributed by atoms with Crippen LogP contribution in [-0.2, 0) is 27.3 Å². The molecule has 0 radical (unpaired) electrons. The van der Waals surface area contributed by atoms with Crippen LogP contribution in [0.5, 0.6) is 0 Å². The van der Waals surface area contributed by atoms with Gasteiger partial charge in [-0.1, -0.05) is 41.2 Å². The van der Waals surface area contributed by atoms with Gasteiger partial charge in [-0.05, 0) is 56.5 Å². The lowest BCUT2D eigenvalue weighted by atomic mass is 10.1. The monoisotopic (exact) mass is 396 g/mol. The molecule has 1 heterocycles. The van der Waals surface area contributed by atoms with Gasteiger partial charge in [0.25, 0.3) is 5.91 Å². The van der Waals surface area contributed by atoms with Gasteiger partial charge in [-0.3, -0.25) is 9.59 Å². The minimum absolute atomic E-state index is 0.0347. The number of carbonyl (C=O) groups excluding carboxylic acids is 2. The Bertz CT molecular complexity index is 1090. The quantitative estimate of drug-likeness (QED) is 0.615. The highest BCUT2D eigenvalue weighted by Crippen LogP contribution is 2.22. The highest BCUT2D eigenvalue weighted by atomic mass is 32.1. The molecule has 3 rings (SSSR count). The number of amides is 1. The lowest BCUT2D eigenvalue weighted by molar-refractivity contribution is -0.143. The van der Waals surface area contributed by atoms with E-state index in [1.165, 1.54) is 11.3 Å². The number of carbonyl (C=O) groups is 2. The van der Waals surface area contributed by atoms with Gasteiger partial charge in [0, 0.05) is 0 Å². The van der Waals surface area contributed by atoms with Crippen molar-refractivity contribution in [2.75, 3.05) is 6.61 Å². The van der Waals surface area contributed by atoms with Gasteiger partial charge in [0.1, 0.15) is 6.54 Å².